The van der Waals surface area contributed by atoms with Gasteiger partial charge in [-0.1, -0.05) is 26.2 Å². The quantitative estimate of drug-likeness (QED) is 0.0436. The molecule has 5 atom stereocenters. The molecule has 0 aliphatic heterocycles. The highest BCUT2D eigenvalue weighted by atomic mass is 16.2. The molecule has 0 heterocycles. The maximum absolute atomic E-state index is 13.6. The normalized spacial score (nSPS) is 14.2. The zero-order valence-electron chi connectivity index (χ0n) is 33.1. The second-order valence-electron chi connectivity index (χ2n) is 13.6. The average molecular weight is 726 g/mol. The summed E-state index contributed by atoms with van der Waals surface area (Å²) in [7, 11) is 9.19. The molecule has 0 aliphatic carbocycles. The van der Waals surface area contributed by atoms with Gasteiger partial charge in [0, 0.05) is 19.0 Å². The monoisotopic (exact) mass is 726 g/mol. The zero-order valence-corrected chi connectivity index (χ0v) is 33.1. The Morgan fingerprint density at radius 1 is 0.451 bits per heavy atom. The van der Waals surface area contributed by atoms with E-state index in [1.54, 1.807) is 14.1 Å². The Hall–Kier alpha value is -2.65. The van der Waals surface area contributed by atoms with Crippen LogP contribution in [0, 0.1) is 0 Å². The summed E-state index contributed by atoms with van der Waals surface area (Å²) in [5.74, 6) is -0.882. The fraction of sp³-hybridized carbons (Fsp3) is 0.865. The van der Waals surface area contributed by atoms with Gasteiger partial charge in [0.15, 0.2) is 0 Å². The third-order valence-electron chi connectivity index (χ3n) is 9.11. The van der Waals surface area contributed by atoms with E-state index in [9.17, 15) is 24.0 Å². The van der Waals surface area contributed by atoms with Crippen LogP contribution in [-0.2, 0) is 24.0 Å². The van der Waals surface area contributed by atoms with Crippen LogP contribution in [0.3, 0.4) is 0 Å². The molecule has 0 saturated carbocycles. The molecule has 4 amide bonds. The van der Waals surface area contributed by atoms with E-state index < -0.39 is 18.1 Å². The molecule has 14 nitrogen and oxygen atoms in total. The Morgan fingerprint density at radius 3 is 1.27 bits per heavy atom. The number of Topliss-reactive ketones (excluding diaryl/α,β-unsaturated/α-hetero) is 1. The summed E-state index contributed by atoms with van der Waals surface area (Å²) in [6, 6.07) is -2.45. The molecule has 298 valence electrons. The molecule has 0 bridgehead atoms. The second-order valence-corrected chi connectivity index (χ2v) is 13.6. The van der Waals surface area contributed by atoms with Crippen LogP contribution in [-0.4, -0.2) is 121 Å². The molecule has 9 N–H and O–H groups in total. The molecule has 0 rings (SSSR count). The summed E-state index contributed by atoms with van der Waals surface area (Å²) in [6.07, 6.45) is 11.5. The molecule has 0 aromatic rings. The number of ketones is 1. The van der Waals surface area contributed by atoms with Gasteiger partial charge >= 0.3 is 0 Å². The predicted molar refractivity (Wildman–Crippen MR) is 207 cm³/mol. The summed E-state index contributed by atoms with van der Waals surface area (Å²) < 4.78 is 0. The molecule has 0 saturated heterocycles. The van der Waals surface area contributed by atoms with E-state index in [0.29, 0.717) is 51.5 Å². The van der Waals surface area contributed by atoms with Crippen LogP contribution in [0.2, 0.25) is 0 Å². The van der Waals surface area contributed by atoms with Crippen LogP contribution in [0.4, 0.5) is 0 Å². The highest BCUT2D eigenvalue weighted by Gasteiger charge is 2.27. The van der Waals surface area contributed by atoms with Gasteiger partial charge in [-0.25, -0.2) is 0 Å². The van der Waals surface area contributed by atoms with Crippen molar-refractivity contribution in [2.75, 3.05) is 61.4 Å². The molecule has 0 aromatic heterocycles. The van der Waals surface area contributed by atoms with Crippen LogP contribution in [0.15, 0.2) is 0 Å². The maximum Gasteiger partial charge on any atom is 0.242 e. The van der Waals surface area contributed by atoms with Crippen molar-refractivity contribution in [1.29, 1.82) is 0 Å². The topological polar surface area (TPSA) is 194 Å². The smallest absolute Gasteiger partial charge is 0.242 e. The highest BCUT2D eigenvalue weighted by Crippen LogP contribution is 2.10. The SMILES string of the molecule is CCCCC(NC)C(=O)NC(CCCCNC)C(=O)NCCCCC(CC(C)=O)NC(=O)C(CCCCNC)NC(=O)C(CCCCNC)NC. The summed E-state index contributed by atoms with van der Waals surface area (Å²) >= 11 is 0. The van der Waals surface area contributed by atoms with Gasteiger partial charge in [-0.2, -0.15) is 0 Å². The number of likely N-dealkylation sites (N-methyl/N-ethyl adjacent to an activating group) is 2. The summed E-state index contributed by atoms with van der Waals surface area (Å²) in [4.78, 5) is 65.1. The van der Waals surface area contributed by atoms with E-state index in [0.717, 1.165) is 71.0 Å². The first-order valence-electron chi connectivity index (χ1n) is 19.5. The third kappa shape index (κ3) is 24.3. The van der Waals surface area contributed by atoms with E-state index in [-0.39, 0.29) is 47.9 Å². The molecular weight excluding hydrogens is 650 g/mol. The van der Waals surface area contributed by atoms with Crippen LogP contribution in [0.1, 0.15) is 117 Å². The van der Waals surface area contributed by atoms with Crippen molar-refractivity contribution >= 4 is 29.4 Å². The minimum atomic E-state index is -0.707. The molecule has 0 aromatic carbocycles. The fourth-order valence-corrected chi connectivity index (χ4v) is 5.98. The third-order valence-corrected chi connectivity index (χ3v) is 9.11. The number of nitrogens with one attached hydrogen (secondary N) is 9. The Labute approximate surface area is 309 Å². The molecule has 14 heteroatoms. The van der Waals surface area contributed by atoms with E-state index in [2.05, 4.69) is 54.8 Å². The van der Waals surface area contributed by atoms with Crippen molar-refractivity contribution in [3.8, 4) is 0 Å². The molecule has 0 fully saturated rings. The number of hydrogen-bond acceptors (Lipinski definition) is 10. The van der Waals surface area contributed by atoms with Crippen molar-refractivity contribution in [2.45, 2.75) is 147 Å². The zero-order chi connectivity index (χ0) is 38.3. The minimum Gasteiger partial charge on any atom is -0.354 e. The van der Waals surface area contributed by atoms with Gasteiger partial charge in [-0.3, -0.25) is 24.0 Å². The maximum atomic E-state index is 13.6. The van der Waals surface area contributed by atoms with Gasteiger partial charge in [0.25, 0.3) is 0 Å². The van der Waals surface area contributed by atoms with Gasteiger partial charge in [0.2, 0.25) is 23.6 Å². The van der Waals surface area contributed by atoms with Crippen LogP contribution >= 0.6 is 0 Å². The van der Waals surface area contributed by atoms with Crippen molar-refractivity contribution in [3.05, 3.63) is 0 Å². The number of hydrogen-bond donors (Lipinski definition) is 9. The first kappa shape index (κ1) is 48.3. The van der Waals surface area contributed by atoms with Crippen molar-refractivity contribution in [1.82, 2.24) is 47.9 Å². The van der Waals surface area contributed by atoms with Gasteiger partial charge in [-0.15, -0.1) is 0 Å². The number of rotatable bonds is 34. The Balaban J connectivity index is 5.31. The molecule has 51 heavy (non-hydrogen) atoms. The lowest BCUT2D eigenvalue weighted by atomic mass is 10.0. The number of amides is 4. The summed E-state index contributed by atoms with van der Waals surface area (Å²) in [5.41, 5.74) is 0. The van der Waals surface area contributed by atoms with Crippen LogP contribution < -0.4 is 47.9 Å². The number of carbonyl (C=O) groups excluding carboxylic acids is 5. The van der Waals surface area contributed by atoms with E-state index in [4.69, 9.17) is 0 Å². The molecule has 5 unspecified atom stereocenters. The van der Waals surface area contributed by atoms with Crippen LogP contribution in [0.5, 0.6) is 0 Å². The fourth-order valence-electron chi connectivity index (χ4n) is 5.98. The van der Waals surface area contributed by atoms with Gasteiger partial charge in [0.05, 0.1) is 12.1 Å². The summed E-state index contributed by atoms with van der Waals surface area (Å²) in [6.45, 7) is 6.54. The minimum absolute atomic E-state index is 0.0318. The first-order valence-corrected chi connectivity index (χ1v) is 19.5. The van der Waals surface area contributed by atoms with E-state index in [1.165, 1.54) is 6.92 Å². The van der Waals surface area contributed by atoms with Crippen molar-refractivity contribution in [3.63, 3.8) is 0 Å². The van der Waals surface area contributed by atoms with Gasteiger partial charge in [-0.05, 0) is 139 Å². The van der Waals surface area contributed by atoms with Crippen molar-refractivity contribution in [2.24, 2.45) is 0 Å². The molecule has 0 radical (unpaired) electrons. The highest BCUT2D eigenvalue weighted by molar-refractivity contribution is 5.90. The van der Waals surface area contributed by atoms with E-state index in [1.807, 2.05) is 21.1 Å². The lowest BCUT2D eigenvalue weighted by molar-refractivity contribution is -0.131. The first-order chi connectivity index (χ1) is 24.6. The number of carbonyl (C=O) groups is 5. The lowest BCUT2D eigenvalue weighted by Gasteiger charge is -2.25. The second kappa shape index (κ2) is 32.0. The van der Waals surface area contributed by atoms with Crippen molar-refractivity contribution < 1.29 is 24.0 Å². The largest absolute Gasteiger partial charge is 0.354 e. The summed E-state index contributed by atoms with van der Waals surface area (Å²) in [5, 5.41) is 27.5. The molecular formula is C37H75N9O5. The Kier molecular flexibility index (Phi) is 30.4. The van der Waals surface area contributed by atoms with Gasteiger partial charge in [0.1, 0.15) is 17.9 Å². The van der Waals surface area contributed by atoms with Gasteiger partial charge < -0.3 is 47.9 Å². The molecule has 0 spiro atoms. The Bertz CT molecular complexity index is 955. The standard InChI is InChI=1S/C37H75N9O5/c1-8-9-19-30(41-6)35(49)45-32(21-12-15-24-39-4)34(48)43-26-17-10-18-29(27-28(2)47)44-37(51)33(22-13-16-25-40-5)46-36(50)31(42-7)20-11-14-23-38-3/h29-33,38-42H,8-27H2,1-7H3,(H,43,48)(H,44,51)(H,45,49)(H,46,50). The van der Waals surface area contributed by atoms with Crippen LogP contribution in [0.25, 0.3) is 0 Å². The average Bonchev–Trinajstić information content (AvgIpc) is 3.10. The lowest BCUT2D eigenvalue weighted by Crippen LogP contribution is -2.54. The predicted octanol–water partition coefficient (Wildman–Crippen LogP) is 1.24. The molecule has 0 aliphatic rings. The van der Waals surface area contributed by atoms with E-state index >= 15 is 0 Å². The Morgan fingerprint density at radius 2 is 0.843 bits per heavy atom. The number of unbranched alkanes of at least 4 members (excludes halogenated alkanes) is 5.